The van der Waals surface area contributed by atoms with Crippen LogP contribution in [0.15, 0.2) is 0 Å². The van der Waals surface area contributed by atoms with Crippen LogP contribution in [0.4, 0.5) is 0 Å². The fourth-order valence-electron chi connectivity index (χ4n) is 3.53. The number of hydrogen-bond acceptors (Lipinski definition) is 4. The number of likely N-dealkylation sites (tertiary alicyclic amines) is 2. The van der Waals surface area contributed by atoms with Crippen molar-refractivity contribution in [2.24, 2.45) is 5.92 Å². The average Bonchev–Trinajstić information content (AvgIpc) is 2.83. The maximum atomic E-state index is 12.8. The fourth-order valence-corrected chi connectivity index (χ4v) is 3.53. The first-order valence-electron chi connectivity index (χ1n) is 8.83. The van der Waals surface area contributed by atoms with Crippen LogP contribution < -0.4 is 0 Å². The van der Waals surface area contributed by atoms with Crippen molar-refractivity contribution in [2.75, 3.05) is 32.8 Å². The van der Waals surface area contributed by atoms with E-state index in [4.69, 9.17) is 4.74 Å². The number of carbonyl (C=O) groups is 2. The van der Waals surface area contributed by atoms with Gasteiger partial charge < -0.3 is 9.64 Å². The Morgan fingerprint density at radius 2 is 1.77 bits per heavy atom. The molecule has 0 aromatic carbocycles. The Balaban J connectivity index is 1.91. The highest BCUT2D eigenvalue weighted by atomic mass is 16.5. The van der Waals surface area contributed by atoms with Crippen molar-refractivity contribution < 1.29 is 14.3 Å². The minimum atomic E-state index is -0.151. The molecule has 1 amide bonds. The summed E-state index contributed by atoms with van der Waals surface area (Å²) in [5.74, 6) is -0.118. The van der Waals surface area contributed by atoms with Gasteiger partial charge in [0, 0.05) is 13.1 Å². The molecule has 2 fully saturated rings. The molecule has 2 saturated heterocycles. The molecule has 0 aliphatic carbocycles. The van der Waals surface area contributed by atoms with Gasteiger partial charge >= 0.3 is 5.97 Å². The van der Waals surface area contributed by atoms with Crippen molar-refractivity contribution in [3.8, 4) is 0 Å². The lowest BCUT2D eigenvalue weighted by atomic mass is 9.97. The molecule has 2 aliphatic heterocycles. The fraction of sp³-hybridized carbons (Fsp3) is 0.882. The maximum Gasteiger partial charge on any atom is 0.310 e. The monoisotopic (exact) mass is 310 g/mol. The number of hydrogen-bond donors (Lipinski definition) is 0. The molecule has 0 radical (unpaired) electrons. The van der Waals surface area contributed by atoms with Crippen molar-refractivity contribution in [1.82, 2.24) is 9.80 Å². The van der Waals surface area contributed by atoms with E-state index in [0.717, 1.165) is 32.5 Å². The van der Waals surface area contributed by atoms with Crippen LogP contribution in [0.3, 0.4) is 0 Å². The minimum absolute atomic E-state index is 0.0703. The van der Waals surface area contributed by atoms with Gasteiger partial charge in [0.1, 0.15) is 0 Å². The zero-order valence-corrected chi connectivity index (χ0v) is 14.1. The predicted molar refractivity (Wildman–Crippen MR) is 85.4 cm³/mol. The first kappa shape index (κ1) is 17.3. The summed E-state index contributed by atoms with van der Waals surface area (Å²) in [7, 11) is 0. The van der Waals surface area contributed by atoms with Crippen LogP contribution in [0.5, 0.6) is 0 Å². The molecule has 2 heterocycles. The third-order valence-corrected chi connectivity index (χ3v) is 4.90. The van der Waals surface area contributed by atoms with E-state index in [1.165, 1.54) is 25.7 Å². The van der Waals surface area contributed by atoms with Crippen LogP contribution >= 0.6 is 0 Å². The summed E-state index contributed by atoms with van der Waals surface area (Å²) in [5.41, 5.74) is 0. The largest absolute Gasteiger partial charge is 0.466 e. The van der Waals surface area contributed by atoms with Crippen LogP contribution in [0.2, 0.25) is 0 Å². The van der Waals surface area contributed by atoms with Gasteiger partial charge in [-0.1, -0.05) is 12.8 Å². The van der Waals surface area contributed by atoms with Crippen LogP contribution in [0.25, 0.3) is 0 Å². The van der Waals surface area contributed by atoms with Crippen molar-refractivity contribution in [2.45, 2.75) is 58.4 Å². The number of esters is 1. The Labute approximate surface area is 134 Å². The molecule has 2 aliphatic rings. The first-order chi connectivity index (χ1) is 10.6. The molecule has 0 aromatic heterocycles. The first-order valence-corrected chi connectivity index (χ1v) is 8.83. The van der Waals surface area contributed by atoms with E-state index in [1.807, 2.05) is 18.7 Å². The molecule has 0 spiro atoms. The molecule has 5 nitrogen and oxygen atoms in total. The predicted octanol–water partition coefficient (Wildman–Crippen LogP) is 2.05. The van der Waals surface area contributed by atoms with E-state index in [0.29, 0.717) is 13.2 Å². The molecule has 0 N–H and O–H groups in total. The van der Waals surface area contributed by atoms with E-state index in [1.54, 1.807) is 0 Å². The number of piperidine rings is 1. The lowest BCUT2D eigenvalue weighted by Gasteiger charge is -2.36. The second kappa shape index (κ2) is 8.51. The lowest BCUT2D eigenvalue weighted by Crippen LogP contribution is -2.51. The lowest BCUT2D eigenvalue weighted by molar-refractivity contribution is -0.152. The second-order valence-electron chi connectivity index (χ2n) is 6.50. The minimum Gasteiger partial charge on any atom is -0.466 e. The average molecular weight is 310 g/mol. The number of nitrogens with zero attached hydrogens (tertiary/aromatic N) is 2. The Hall–Kier alpha value is -1.10. The molecule has 0 bridgehead atoms. The standard InChI is InChI=1S/C17H30N2O3/c1-3-22-17(21)15-9-8-12-19(13-15)16(20)14(2)18-10-6-4-5-7-11-18/h14-15H,3-13H2,1-2H3. The van der Waals surface area contributed by atoms with Crippen molar-refractivity contribution in [3.05, 3.63) is 0 Å². The number of carbonyl (C=O) groups excluding carboxylic acids is 2. The van der Waals surface area contributed by atoms with Gasteiger partial charge in [-0.05, 0) is 52.6 Å². The smallest absolute Gasteiger partial charge is 0.310 e. The molecule has 2 rings (SSSR count). The second-order valence-corrected chi connectivity index (χ2v) is 6.50. The molecule has 5 heteroatoms. The summed E-state index contributed by atoms with van der Waals surface area (Å²) in [6.45, 7) is 7.58. The van der Waals surface area contributed by atoms with Crippen molar-refractivity contribution in [1.29, 1.82) is 0 Å². The molecule has 22 heavy (non-hydrogen) atoms. The normalized spacial score (nSPS) is 25.4. The number of ether oxygens (including phenoxy) is 1. The maximum absolute atomic E-state index is 12.8. The highest BCUT2D eigenvalue weighted by Crippen LogP contribution is 2.20. The topological polar surface area (TPSA) is 49.9 Å². The summed E-state index contributed by atoms with van der Waals surface area (Å²) in [6.07, 6.45) is 6.63. The van der Waals surface area contributed by atoms with Gasteiger partial charge in [0.2, 0.25) is 5.91 Å². The Bertz CT molecular complexity index is 378. The summed E-state index contributed by atoms with van der Waals surface area (Å²) in [4.78, 5) is 28.9. The zero-order chi connectivity index (χ0) is 15.9. The SMILES string of the molecule is CCOC(=O)C1CCCN(C(=O)C(C)N2CCCCCC2)C1. The Morgan fingerprint density at radius 3 is 2.41 bits per heavy atom. The molecule has 126 valence electrons. The highest BCUT2D eigenvalue weighted by molar-refractivity contribution is 5.82. The van der Waals surface area contributed by atoms with E-state index in [-0.39, 0.29) is 23.8 Å². The highest BCUT2D eigenvalue weighted by Gasteiger charge is 2.33. The van der Waals surface area contributed by atoms with Crippen LogP contribution in [-0.4, -0.2) is 60.5 Å². The zero-order valence-electron chi connectivity index (χ0n) is 14.1. The van der Waals surface area contributed by atoms with Gasteiger partial charge in [-0.15, -0.1) is 0 Å². The molecule has 0 saturated carbocycles. The van der Waals surface area contributed by atoms with Crippen LogP contribution in [-0.2, 0) is 14.3 Å². The van der Waals surface area contributed by atoms with E-state index >= 15 is 0 Å². The van der Waals surface area contributed by atoms with E-state index in [2.05, 4.69) is 4.90 Å². The van der Waals surface area contributed by atoms with Gasteiger partial charge in [0.15, 0.2) is 0 Å². The van der Waals surface area contributed by atoms with Crippen molar-refractivity contribution in [3.63, 3.8) is 0 Å². The van der Waals surface area contributed by atoms with Gasteiger partial charge in [-0.2, -0.15) is 0 Å². The van der Waals surface area contributed by atoms with E-state index in [9.17, 15) is 9.59 Å². The summed E-state index contributed by atoms with van der Waals surface area (Å²) in [5, 5.41) is 0. The molecule has 2 unspecified atom stereocenters. The summed E-state index contributed by atoms with van der Waals surface area (Å²) >= 11 is 0. The molecule has 2 atom stereocenters. The quantitative estimate of drug-likeness (QED) is 0.746. The molecular weight excluding hydrogens is 280 g/mol. The van der Waals surface area contributed by atoms with Crippen LogP contribution in [0, 0.1) is 5.92 Å². The number of amides is 1. The van der Waals surface area contributed by atoms with E-state index < -0.39 is 0 Å². The van der Waals surface area contributed by atoms with Gasteiger partial charge in [-0.25, -0.2) is 0 Å². The summed E-state index contributed by atoms with van der Waals surface area (Å²) in [6, 6.07) is -0.0703. The van der Waals surface area contributed by atoms with Crippen molar-refractivity contribution >= 4 is 11.9 Å². The summed E-state index contributed by atoms with van der Waals surface area (Å²) < 4.78 is 5.12. The Kier molecular flexibility index (Phi) is 6.68. The number of rotatable bonds is 4. The van der Waals surface area contributed by atoms with Gasteiger partial charge in [0.05, 0.1) is 18.6 Å². The van der Waals surface area contributed by atoms with Crippen LogP contribution in [0.1, 0.15) is 52.4 Å². The van der Waals surface area contributed by atoms with Gasteiger partial charge in [-0.3, -0.25) is 14.5 Å². The molecular formula is C17H30N2O3. The third-order valence-electron chi connectivity index (χ3n) is 4.90. The molecule has 0 aromatic rings. The third kappa shape index (κ3) is 4.45. The van der Waals surface area contributed by atoms with Gasteiger partial charge in [0.25, 0.3) is 0 Å². The Morgan fingerprint density at radius 1 is 1.09 bits per heavy atom.